The van der Waals surface area contributed by atoms with E-state index in [0.717, 1.165) is 5.69 Å². The molecule has 0 spiro atoms. The molecule has 1 aromatic rings. The Bertz CT molecular complexity index is 325. The molecule has 0 bridgehead atoms. The normalized spacial score (nSPS) is 10.2. The van der Waals surface area contributed by atoms with Crippen LogP contribution in [0, 0.1) is 0 Å². The molecule has 90 valence electrons. The molecule has 5 heteroatoms. The molecule has 0 saturated heterocycles. The monoisotopic (exact) mass is 226 g/mol. The molecule has 0 unspecified atom stereocenters. The van der Waals surface area contributed by atoms with Crippen LogP contribution in [0.5, 0.6) is 5.75 Å². The van der Waals surface area contributed by atoms with Crippen molar-refractivity contribution < 1.29 is 14.9 Å². The van der Waals surface area contributed by atoms with E-state index in [4.69, 9.17) is 20.7 Å². The number of nitrogens with two attached hydrogens (primary N) is 1. The molecule has 0 aliphatic heterocycles. The second-order valence-electron chi connectivity index (χ2n) is 3.36. The number of methoxy groups -OCH3 is 1. The van der Waals surface area contributed by atoms with Crippen LogP contribution in [-0.2, 0) is 0 Å². The molecule has 4 N–H and O–H groups in total. The highest BCUT2D eigenvalue weighted by atomic mass is 16.5. The number of hydrogen-bond donors (Lipinski definition) is 3. The van der Waals surface area contributed by atoms with E-state index in [1.807, 2.05) is 4.90 Å². The zero-order valence-corrected chi connectivity index (χ0v) is 9.39. The lowest BCUT2D eigenvalue weighted by molar-refractivity contribution is 0.281. The summed E-state index contributed by atoms with van der Waals surface area (Å²) in [6.07, 6.45) is 0. The van der Waals surface area contributed by atoms with Gasteiger partial charge >= 0.3 is 0 Å². The van der Waals surface area contributed by atoms with E-state index >= 15 is 0 Å². The molecule has 0 aliphatic rings. The Balaban J connectivity index is 2.96. The van der Waals surface area contributed by atoms with E-state index in [9.17, 15) is 0 Å². The minimum Gasteiger partial charge on any atom is -0.497 e. The maximum absolute atomic E-state index is 8.95. The number of nitrogens with zero attached hydrogens (tertiary/aromatic N) is 1. The fraction of sp³-hybridized carbons (Fsp3) is 0.455. The van der Waals surface area contributed by atoms with Gasteiger partial charge in [-0.3, -0.25) is 0 Å². The zero-order valence-electron chi connectivity index (χ0n) is 9.39. The van der Waals surface area contributed by atoms with Crippen molar-refractivity contribution in [3.8, 4) is 5.75 Å². The van der Waals surface area contributed by atoms with Gasteiger partial charge in [-0.25, -0.2) is 0 Å². The molecule has 0 atom stereocenters. The molecule has 5 nitrogen and oxygen atoms in total. The lowest BCUT2D eigenvalue weighted by atomic mass is 10.2. The van der Waals surface area contributed by atoms with E-state index in [2.05, 4.69) is 0 Å². The van der Waals surface area contributed by atoms with Crippen LogP contribution in [0.15, 0.2) is 18.2 Å². The Morgan fingerprint density at radius 2 is 1.88 bits per heavy atom. The highest BCUT2D eigenvalue weighted by Crippen LogP contribution is 2.27. The second-order valence-corrected chi connectivity index (χ2v) is 3.36. The summed E-state index contributed by atoms with van der Waals surface area (Å²) in [5, 5.41) is 17.9. The van der Waals surface area contributed by atoms with E-state index < -0.39 is 0 Å². The first kappa shape index (κ1) is 12.6. The van der Waals surface area contributed by atoms with Gasteiger partial charge in [0.1, 0.15) is 5.75 Å². The molecular weight excluding hydrogens is 208 g/mol. The van der Waals surface area contributed by atoms with Crippen molar-refractivity contribution in [3.05, 3.63) is 18.2 Å². The van der Waals surface area contributed by atoms with Gasteiger partial charge in [0.25, 0.3) is 0 Å². The first-order valence-electron chi connectivity index (χ1n) is 5.13. The number of aliphatic hydroxyl groups excluding tert-OH is 2. The van der Waals surface area contributed by atoms with Gasteiger partial charge < -0.3 is 25.6 Å². The first-order valence-corrected chi connectivity index (χ1v) is 5.13. The third-order valence-electron chi connectivity index (χ3n) is 2.32. The van der Waals surface area contributed by atoms with Crippen LogP contribution in [0.3, 0.4) is 0 Å². The lowest BCUT2D eigenvalue weighted by Gasteiger charge is -2.24. The Labute approximate surface area is 95.1 Å². The number of ether oxygens (including phenoxy) is 1. The molecule has 16 heavy (non-hydrogen) atoms. The van der Waals surface area contributed by atoms with Crippen molar-refractivity contribution in [1.29, 1.82) is 0 Å². The van der Waals surface area contributed by atoms with Gasteiger partial charge in [0.2, 0.25) is 0 Å². The average Bonchev–Trinajstić information content (AvgIpc) is 2.29. The fourth-order valence-electron chi connectivity index (χ4n) is 1.52. The quantitative estimate of drug-likeness (QED) is 0.598. The van der Waals surface area contributed by atoms with Crippen molar-refractivity contribution >= 4 is 11.4 Å². The summed E-state index contributed by atoms with van der Waals surface area (Å²) in [5.41, 5.74) is 7.21. The van der Waals surface area contributed by atoms with Gasteiger partial charge in [-0.2, -0.15) is 0 Å². The third kappa shape index (κ3) is 3.01. The summed E-state index contributed by atoms with van der Waals surface area (Å²) >= 11 is 0. The zero-order chi connectivity index (χ0) is 12.0. The summed E-state index contributed by atoms with van der Waals surface area (Å²) in [6, 6.07) is 5.31. The molecule has 1 rings (SSSR count). The third-order valence-corrected chi connectivity index (χ3v) is 2.32. The number of nitrogen functional groups attached to an aromatic ring is 1. The Kier molecular flexibility index (Phi) is 4.88. The van der Waals surface area contributed by atoms with Crippen molar-refractivity contribution in [3.63, 3.8) is 0 Å². The summed E-state index contributed by atoms with van der Waals surface area (Å²) in [4.78, 5) is 1.82. The number of rotatable bonds is 6. The average molecular weight is 226 g/mol. The predicted octanol–water partition coefficient (Wildman–Crippen LogP) is 0.0684. The van der Waals surface area contributed by atoms with E-state index in [-0.39, 0.29) is 13.2 Å². The van der Waals surface area contributed by atoms with Crippen molar-refractivity contribution in [2.24, 2.45) is 0 Å². The molecule has 0 aromatic heterocycles. The number of anilines is 2. The summed E-state index contributed by atoms with van der Waals surface area (Å²) in [7, 11) is 1.58. The van der Waals surface area contributed by atoms with Gasteiger partial charge in [-0.05, 0) is 12.1 Å². The standard InChI is InChI=1S/C11H18N2O3/c1-16-9-2-3-10(12)11(8-9)13(4-6-14)5-7-15/h2-3,8,14-15H,4-7,12H2,1H3. The molecule has 0 saturated carbocycles. The molecule has 1 aromatic carbocycles. The minimum atomic E-state index is 0.0106. The Morgan fingerprint density at radius 3 is 2.38 bits per heavy atom. The van der Waals surface area contributed by atoms with E-state index in [0.29, 0.717) is 24.5 Å². The molecule has 0 fully saturated rings. The fourth-order valence-corrected chi connectivity index (χ4v) is 1.52. The van der Waals surface area contributed by atoms with Crippen LogP contribution in [0.2, 0.25) is 0 Å². The van der Waals surface area contributed by atoms with Crippen LogP contribution in [0.4, 0.5) is 11.4 Å². The van der Waals surface area contributed by atoms with Gasteiger partial charge in [0, 0.05) is 19.2 Å². The maximum atomic E-state index is 8.95. The second kappa shape index (κ2) is 6.19. The van der Waals surface area contributed by atoms with Crippen molar-refractivity contribution in [2.45, 2.75) is 0 Å². The number of aliphatic hydroxyl groups is 2. The number of benzene rings is 1. The van der Waals surface area contributed by atoms with E-state index in [1.54, 1.807) is 25.3 Å². The van der Waals surface area contributed by atoms with Gasteiger partial charge in [-0.15, -0.1) is 0 Å². The predicted molar refractivity (Wildman–Crippen MR) is 63.8 cm³/mol. The van der Waals surface area contributed by atoms with Crippen molar-refractivity contribution in [1.82, 2.24) is 0 Å². The van der Waals surface area contributed by atoms with E-state index in [1.165, 1.54) is 0 Å². The molecule has 0 heterocycles. The SMILES string of the molecule is COc1ccc(N)c(N(CCO)CCO)c1. The summed E-state index contributed by atoms with van der Waals surface area (Å²) < 4.78 is 5.11. The van der Waals surface area contributed by atoms with Crippen molar-refractivity contribution in [2.75, 3.05) is 44.0 Å². The summed E-state index contributed by atoms with van der Waals surface area (Å²) in [5.74, 6) is 0.699. The highest BCUT2D eigenvalue weighted by Gasteiger charge is 2.10. The lowest BCUT2D eigenvalue weighted by Crippen LogP contribution is -2.30. The van der Waals surface area contributed by atoms with Crippen LogP contribution >= 0.6 is 0 Å². The molecule has 0 aliphatic carbocycles. The molecular formula is C11H18N2O3. The number of hydrogen-bond acceptors (Lipinski definition) is 5. The minimum absolute atomic E-state index is 0.0106. The maximum Gasteiger partial charge on any atom is 0.121 e. The smallest absolute Gasteiger partial charge is 0.121 e. The Hall–Kier alpha value is -1.46. The highest BCUT2D eigenvalue weighted by molar-refractivity contribution is 5.69. The van der Waals surface area contributed by atoms with Crippen LogP contribution in [-0.4, -0.2) is 43.6 Å². The van der Waals surface area contributed by atoms with Crippen LogP contribution in [0.25, 0.3) is 0 Å². The van der Waals surface area contributed by atoms with Crippen LogP contribution < -0.4 is 15.4 Å². The Morgan fingerprint density at radius 1 is 1.25 bits per heavy atom. The largest absolute Gasteiger partial charge is 0.497 e. The van der Waals surface area contributed by atoms with Gasteiger partial charge in [0.15, 0.2) is 0 Å². The molecule has 0 amide bonds. The molecule has 0 radical (unpaired) electrons. The van der Waals surface area contributed by atoms with Crippen LogP contribution in [0.1, 0.15) is 0 Å². The van der Waals surface area contributed by atoms with Gasteiger partial charge in [-0.1, -0.05) is 0 Å². The van der Waals surface area contributed by atoms with Gasteiger partial charge in [0.05, 0.1) is 31.7 Å². The summed E-state index contributed by atoms with van der Waals surface area (Å²) in [6.45, 7) is 0.878. The topological polar surface area (TPSA) is 79.0 Å². The first-order chi connectivity index (χ1) is 7.72.